The van der Waals surface area contributed by atoms with E-state index in [1.54, 1.807) is 5.51 Å². The molecule has 1 aliphatic rings. The molecule has 90 valence electrons. The highest BCUT2D eigenvalue weighted by Gasteiger charge is 2.37. The molecule has 2 heterocycles. The van der Waals surface area contributed by atoms with Gasteiger partial charge in [0.1, 0.15) is 22.2 Å². The molecule has 0 radical (unpaired) electrons. The van der Waals surface area contributed by atoms with Crippen LogP contribution >= 0.6 is 27.3 Å². The van der Waals surface area contributed by atoms with E-state index in [0.717, 1.165) is 10.6 Å². The molecule has 3 atom stereocenters. The quantitative estimate of drug-likeness (QED) is 0.939. The van der Waals surface area contributed by atoms with Gasteiger partial charge in [0.15, 0.2) is 0 Å². The number of aromatic nitrogens is 1. The predicted molar refractivity (Wildman–Crippen MR) is 69.1 cm³/mol. The number of thiazole rings is 1. The lowest BCUT2D eigenvalue weighted by molar-refractivity contribution is 0.189. The van der Waals surface area contributed by atoms with Gasteiger partial charge in [0.05, 0.1) is 10.4 Å². The van der Waals surface area contributed by atoms with Gasteiger partial charge < -0.3 is 9.52 Å². The highest BCUT2D eigenvalue weighted by atomic mass is 79.9. The van der Waals surface area contributed by atoms with Gasteiger partial charge in [-0.15, -0.1) is 11.3 Å². The van der Waals surface area contributed by atoms with Gasteiger partial charge in [0, 0.05) is 5.92 Å². The Bertz CT molecular complexity index is 536. The molecule has 2 aromatic rings. The average molecular weight is 314 g/mol. The van der Waals surface area contributed by atoms with Crippen LogP contribution in [0.5, 0.6) is 0 Å². The summed E-state index contributed by atoms with van der Waals surface area (Å²) in [6.45, 7) is 2.21. The second kappa shape index (κ2) is 4.23. The van der Waals surface area contributed by atoms with Gasteiger partial charge in [-0.2, -0.15) is 0 Å². The highest BCUT2D eigenvalue weighted by molar-refractivity contribution is 9.10. The third kappa shape index (κ3) is 2.07. The van der Waals surface area contributed by atoms with Crippen LogP contribution in [0, 0.1) is 5.92 Å². The van der Waals surface area contributed by atoms with Crippen LogP contribution in [-0.2, 0) is 0 Å². The van der Waals surface area contributed by atoms with Crippen molar-refractivity contribution < 1.29 is 9.52 Å². The summed E-state index contributed by atoms with van der Waals surface area (Å²) >= 11 is 4.74. The van der Waals surface area contributed by atoms with Crippen molar-refractivity contribution in [1.82, 2.24) is 4.98 Å². The van der Waals surface area contributed by atoms with E-state index in [1.165, 1.54) is 17.8 Å². The van der Waals surface area contributed by atoms with Crippen molar-refractivity contribution in [3.63, 3.8) is 0 Å². The number of hydrogen-bond donors (Lipinski definition) is 1. The van der Waals surface area contributed by atoms with Gasteiger partial charge in [-0.25, -0.2) is 4.98 Å². The second-order valence-corrected chi connectivity index (χ2v) is 6.11. The maximum Gasteiger partial charge on any atom is 0.148 e. The van der Waals surface area contributed by atoms with Gasteiger partial charge in [0.2, 0.25) is 0 Å². The van der Waals surface area contributed by atoms with E-state index in [1.807, 2.05) is 12.1 Å². The standard InChI is InChI=1S/C12H12BrNO2S/c1-6-4-7(6)8-2-3-9(16-8)10(15)11-12(13)14-5-17-11/h2-3,5-7,10,15H,4H2,1H3. The number of nitrogens with zero attached hydrogens (tertiary/aromatic N) is 1. The summed E-state index contributed by atoms with van der Waals surface area (Å²) in [5.74, 6) is 2.85. The molecule has 1 fully saturated rings. The summed E-state index contributed by atoms with van der Waals surface area (Å²) in [6, 6.07) is 3.83. The molecule has 2 aromatic heterocycles. The lowest BCUT2D eigenvalue weighted by Crippen LogP contribution is -1.95. The number of furan rings is 1. The fraction of sp³-hybridized carbons (Fsp3) is 0.417. The first-order valence-corrected chi connectivity index (χ1v) is 7.20. The Labute approximate surface area is 112 Å². The normalized spacial score (nSPS) is 24.9. The molecule has 0 amide bonds. The van der Waals surface area contributed by atoms with Crippen molar-refractivity contribution in [3.8, 4) is 0 Å². The van der Waals surface area contributed by atoms with E-state index < -0.39 is 6.10 Å². The van der Waals surface area contributed by atoms with Crippen LogP contribution in [0.25, 0.3) is 0 Å². The van der Waals surface area contributed by atoms with E-state index in [-0.39, 0.29) is 0 Å². The molecule has 17 heavy (non-hydrogen) atoms. The fourth-order valence-corrected chi connectivity index (χ4v) is 3.38. The second-order valence-electron chi connectivity index (χ2n) is 4.47. The molecule has 3 rings (SSSR count). The van der Waals surface area contributed by atoms with E-state index in [9.17, 15) is 5.11 Å². The van der Waals surface area contributed by atoms with E-state index in [4.69, 9.17) is 4.42 Å². The minimum atomic E-state index is -0.723. The Balaban J connectivity index is 1.84. The van der Waals surface area contributed by atoms with Crippen molar-refractivity contribution in [2.24, 2.45) is 5.92 Å². The summed E-state index contributed by atoms with van der Waals surface area (Å²) < 4.78 is 6.41. The van der Waals surface area contributed by atoms with E-state index in [2.05, 4.69) is 27.8 Å². The molecule has 5 heteroatoms. The Morgan fingerprint density at radius 2 is 2.35 bits per heavy atom. The van der Waals surface area contributed by atoms with Crippen molar-refractivity contribution in [2.45, 2.75) is 25.4 Å². The van der Waals surface area contributed by atoms with Gasteiger partial charge >= 0.3 is 0 Å². The largest absolute Gasteiger partial charge is 0.463 e. The van der Waals surface area contributed by atoms with Crippen LogP contribution in [0.3, 0.4) is 0 Å². The van der Waals surface area contributed by atoms with Crippen LogP contribution < -0.4 is 0 Å². The average Bonchev–Trinajstić information content (AvgIpc) is 2.76. The van der Waals surface area contributed by atoms with Crippen LogP contribution in [0.2, 0.25) is 0 Å². The monoisotopic (exact) mass is 313 g/mol. The first-order valence-electron chi connectivity index (χ1n) is 5.53. The zero-order valence-electron chi connectivity index (χ0n) is 9.26. The Morgan fingerprint density at radius 3 is 2.94 bits per heavy atom. The third-order valence-corrected chi connectivity index (χ3v) is 4.97. The zero-order valence-corrected chi connectivity index (χ0v) is 11.7. The lowest BCUT2D eigenvalue weighted by Gasteiger charge is -2.05. The number of aliphatic hydroxyl groups is 1. The maximum atomic E-state index is 10.2. The molecule has 1 saturated carbocycles. The summed E-state index contributed by atoms with van der Waals surface area (Å²) in [5.41, 5.74) is 1.70. The molecule has 0 bridgehead atoms. The van der Waals surface area contributed by atoms with Crippen molar-refractivity contribution in [1.29, 1.82) is 0 Å². The zero-order chi connectivity index (χ0) is 12.0. The number of rotatable bonds is 3. The Kier molecular flexibility index (Phi) is 2.84. The molecule has 0 aliphatic heterocycles. The molecule has 3 nitrogen and oxygen atoms in total. The summed E-state index contributed by atoms with van der Waals surface area (Å²) in [5, 5.41) is 10.2. The fourth-order valence-electron chi connectivity index (χ4n) is 1.98. The van der Waals surface area contributed by atoms with Crippen LogP contribution in [-0.4, -0.2) is 10.1 Å². The number of aliphatic hydroxyl groups excluding tert-OH is 1. The molecule has 1 aliphatic carbocycles. The van der Waals surface area contributed by atoms with E-state index in [0.29, 0.717) is 22.2 Å². The van der Waals surface area contributed by atoms with Gasteiger partial charge in [-0.3, -0.25) is 0 Å². The molecule has 0 saturated heterocycles. The van der Waals surface area contributed by atoms with Crippen LogP contribution in [0.15, 0.2) is 26.7 Å². The number of hydrogen-bond acceptors (Lipinski definition) is 4. The maximum absolute atomic E-state index is 10.2. The van der Waals surface area contributed by atoms with E-state index >= 15 is 0 Å². The van der Waals surface area contributed by atoms with Crippen molar-refractivity contribution in [3.05, 3.63) is 38.6 Å². The van der Waals surface area contributed by atoms with Gasteiger partial charge in [-0.05, 0) is 40.4 Å². The topological polar surface area (TPSA) is 46.3 Å². The summed E-state index contributed by atoms with van der Waals surface area (Å²) in [4.78, 5) is 4.85. The molecule has 0 aromatic carbocycles. The minimum absolute atomic E-state index is 0.542. The molecule has 1 N–H and O–H groups in total. The smallest absolute Gasteiger partial charge is 0.148 e. The summed E-state index contributed by atoms with van der Waals surface area (Å²) in [6.07, 6.45) is 0.465. The first-order chi connectivity index (χ1) is 8.16. The highest BCUT2D eigenvalue weighted by Crippen LogP contribution is 2.48. The van der Waals surface area contributed by atoms with Crippen LogP contribution in [0.1, 0.15) is 41.8 Å². The molecular formula is C12H12BrNO2S. The lowest BCUT2D eigenvalue weighted by atomic mass is 10.2. The Hall–Kier alpha value is -0.650. The van der Waals surface area contributed by atoms with Gasteiger partial charge in [-0.1, -0.05) is 6.92 Å². The number of halogens is 1. The van der Waals surface area contributed by atoms with Gasteiger partial charge in [0.25, 0.3) is 0 Å². The minimum Gasteiger partial charge on any atom is -0.463 e. The van der Waals surface area contributed by atoms with Crippen molar-refractivity contribution in [2.75, 3.05) is 0 Å². The predicted octanol–water partition coefficient (Wildman–Crippen LogP) is 3.70. The molecule has 0 spiro atoms. The summed E-state index contributed by atoms with van der Waals surface area (Å²) in [7, 11) is 0. The van der Waals surface area contributed by atoms with Crippen LogP contribution in [0.4, 0.5) is 0 Å². The first kappa shape index (κ1) is 11.4. The molecule has 3 unspecified atom stereocenters. The Morgan fingerprint density at radius 1 is 1.59 bits per heavy atom. The van der Waals surface area contributed by atoms with Crippen molar-refractivity contribution >= 4 is 27.3 Å². The third-order valence-electron chi connectivity index (χ3n) is 3.19. The SMILES string of the molecule is CC1CC1c1ccc(C(O)c2scnc2Br)o1. The molecular weight excluding hydrogens is 302 g/mol.